The molecule has 1 aliphatic heterocycles. The summed E-state index contributed by atoms with van der Waals surface area (Å²) >= 11 is 0. The molecule has 1 saturated carbocycles. The highest BCUT2D eigenvalue weighted by Crippen LogP contribution is 2.33. The second kappa shape index (κ2) is 10.4. The van der Waals surface area contributed by atoms with E-state index in [0.29, 0.717) is 18.4 Å². The van der Waals surface area contributed by atoms with Crippen LogP contribution in [0.2, 0.25) is 0 Å². The number of aromatic nitrogens is 1. The van der Waals surface area contributed by atoms with Gasteiger partial charge in [-0.05, 0) is 50.0 Å². The van der Waals surface area contributed by atoms with Gasteiger partial charge in [0.2, 0.25) is 0 Å². The van der Waals surface area contributed by atoms with E-state index in [4.69, 9.17) is 9.47 Å². The maximum absolute atomic E-state index is 12.3. The van der Waals surface area contributed by atoms with Crippen LogP contribution in [0.3, 0.4) is 0 Å². The van der Waals surface area contributed by atoms with Crippen molar-refractivity contribution in [3.05, 3.63) is 30.1 Å². The van der Waals surface area contributed by atoms with Crippen LogP contribution in [0.1, 0.15) is 57.4 Å². The highest BCUT2D eigenvalue weighted by molar-refractivity contribution is 5.72. The average molecular weight is 389 g/mol. The first-order chi connectivity index (χ1) is 13.6. The quantitative estimate of drug-likeness (QED) is 0.655. The number of pyridine rings is 1. The van der Waals surface area contributed by atoms with E-state index in [1.54, 1.807) is 12.4 Å². The molecule has 0 spiro atoms. The van der Waals surface area contributed by atoms with Crippen LogP contribution >= 0.6 is 0 Å². The molecule has 1 aromatic rings. The van der Waals surface area contributed by atoms with Crippen LogP contribution in [-0.2, 0) is 20.9 Å². The van der Waals surface area contributed by atoms with Crippen molar-refractivity contribution in [3.63, 3.8) is 0 Å². The lowest BCUT2D eigenvalue weighted by Gasteiger charge is -2.29. The fraction of sp³-hybridized carbons (Fsp3) is 0.682. The predicted molar refractivity (Wildman–Crippen MR) is 105 cm³/mol. The van der Waals surface area contributed by atoms with Gasteiger partial charge < -0.3 is 14.4 Å². The fourth-order valence-corrected chi connectivity index (χ4v) is 4.19. The third-order valence-corrected chi connectivity index (χ3v) is 5.97. The van der Waals surface area contributed by atoms with Crippen molar-refractivity contribution in [2.75, 3.05) is 19.7 Å². The molecule has 3 rings (SSSR count). The number of nitrogens with zero attached hydrogens (tertiary/aromatic N) is 2. The Labute approximate surface area is 167 Å². The molecule has 0 N–H and O–H groups in total. The first-order valence-corrected chi connectivity index (χ1v) is 10.6. The summed E-state index contributed by atoms with van der Waals surface area (Å²) in [5.41, 5.74) is 0.909. The Kier molecular flexibility index (Phi) is 7.69. The summed E-state index contributed by atoms with van der Waals surface area (Å²) in [5, 5.41) is 0. The lowest BCUT2D eigenvalue weighted by Crippen LogP contribution is -2.31. The molecule has 1 saturated heterocycles. The largest absolute Gasteiger partial charge is 0.461 e. The number of ether oxygens (including phenoxy) is 2. The smallest absolute Gasteiger partial charge is 0.409 e. The SMILES string of the molecule is CC(CC1CCC(COC(=O)N2CCCC2)CC1)C(=O)OCc1cccnc1. The maximum Gasteiger partial charge on any atom is 0.409 e. The summed E-state index contributed by atoms with van der Waals surface area (Å²) < 4.78 is 10.9. The second-order valence-electron chi connectivity index (χ2n) is 8.26. The fourth-order valence-electron chi connectivity index (χ4n) is 4.19. The van der Waals surface area contributed by atoms with Gasteiger partial charge in [-0.2, -0.15) is 0 Å². The van der Waals surface area contributed by atoms with Crippen molar-refractivity contribution < 1.29 is 19.1 Å². The first-order valence-electron chi connectivity index (χ1n) is 10.6. The molecule has 1 amide bonds. The molecular weight excluding hydrogens is 356 g/mol. The Morgan fingerprint density at radius 2 is 1.86 bits per heavy atom. The third kappa shape index (κ3) is 6.21. The zero-order valence-electron chi connectivity index (χ0n) is 16.8. The molecule has 2 fully saturated rings. The van der Waals surface area contributed by atoms with Crippen LogP contribution in [0, 0.1) is 17.8 Å². The highest BCUT2D eigenvalue weighted by atomic mass is 16.6. The van der Waals surface area contributed by atoms with Gasteiger partial charge in [0.15, 0.2) is 0 Å². The highest BCUT2D eigenvalue weighted by Gasteiger charge is 2.27. The van der Waals surface area contributed by atoms with Gasteiger partial charge in [-0.15, -0.1) is 0 Å². The number of rotatable bonds is 7. The monoisotopic (exact) mass is 388 g/mol. The van der Waals surface area contributed by atoms with Gasteiger partial charge in [0.1, 0.15) is 6.61 Å². The summed E-state index contributed by atoms with van der Waals surface area (Å²) in [6.45, 7) is 4.44. The number of hydrogen-bond donors (Lipinski definition) is 0. The average Bonchev–Trinajstić information content (AvgIpc) is 3.27. The normalized spacial score (nSPS) is 23.2. The third-order valence-electron chi connectivity index (χ3n) is 5.97. The van der Waals surface area contributed by atoms with E-state index in [9.17, 15) is 9.59 Å². The Morgan fingerprint density at radius 1 is 1.14 bits per heavy atom. The van der Waals surface area contributed by atoms with E-state index in [2.05, 4.69) is 4.98 Å². The Hall–Kier alpha value is -2.11. The summed E-state index contributed by atoms with van der Waals surface area (Å²) in [6.07, 6.45) is 10.6. The minimum absolute atomic E-state index is 0.0915. The van der Waals surface area contributed by atoms with Crippen molar-refractivity contribution >= 4 is 12.1 Å². The topological polar surface area (TPSA) is 68.7 Å². The van der Waals surface area contributed by atoms with Crippen LogP contribution < -0.4 is 0 Å². The van der Waals surface area contributed by atoms with Gasteiger partial charge in [0.25, 0.3) is 0 Å². The lowest BCUT2D eigenvalue weighted by molar-refractivity contribution is -0.150. The van der Waals surface area contributed by atoms with Crippen molar-refractivity contribution in [2.45, 2.75) is 58.5 Å². The van der Waals surface area contributed by atoms with Crippen LogP contribution in [0.25, 0.3) is 0 Å². The van der Waals surface area contributed by atoms with Crippen molar-refractivity contribution in [1.82, 2.24) is 9.88 Å². The Balaban J connectivity index is 1.31. The molecular formula is C22H32N2O4. The molecule has 0 aromatic carbocycles. The molecule has 2 heterocycles. The molecule has 6 heteroatoms. The zero-order chi connectivity index (χ0) is 19.8. The van der Waals surface area contributed by atoms with E-state index in [1.165, 1.54) is 0 Å². The number of esters is 1. The van der Waals surface area contributed by atoms with Crippen LogP contribution in [0.4, 0.5) is 4.79 Å². The van der Waals surface area contributed by atoms with Gasteiger partial charge in [0, 0.05) is 31.0 Å². The number of likely N-dealkylation sites (tertiary alicyclic amines) is 1. The molecule has 1 unspecified atom stereocenters. The van der Waals surface area contributed by atoms with Crippen LogP contribution in [-0.4, -0.2) is 41.6 Å². The van der Waals surface area contributed by atoms with Crippen molar-refractivity contribution in [1.29, 1.82) is 0 Å². The van der Waals surface area contributed by atoms with Crippen molar-refractivity contribution in [2.24, 2.45) is 17.8 Å². The van der Waals surface area contributed by atoms with E-state index < -0.39 is 0 Å². The van der Waals surface area contributed by atoms with Gasteiger partial charge >= 0.3 is 12.1 Å². The number of carbonyl (C=O) groups excluding carboxylic acids is 2. The number of amides is 1. The van der Waals surface area contributed by atoms with Crippen molar-refractivity contribution in [3.8, 4) is 0 Å². The molecule has 1 aromatic heterocycles. The molecule has 2 aliphatic rings. The predicted octanol–water partition coefficient (Wildman–Crippen LogP) is 4.19. The summed E-state index contributed by atoms with van der Waals surface area (Å²) in [5.74, 6) is 0.777. The Morgan fingerprint density at radius 3 is 2.54 bits per heavy atom. The van der Waals surface area contributed by atoms with E-state index >= 15 is 0 Å². The van der Waals surface area contributed by atoms with Crippen LogP contribution in [0.5, 0.6) is 0 Å². The maximum atomic E-state index is 12.3. The summed E-state index contributed by atoms with van der Waals surface area (Å²) in [4.78, 5) is 30.1. The minimum Gasteiger partial charge on any atom is -0.461 e. The van der Waals surface area contributed by atoms with Gasteiger partial charge in [-0.25, -0.2) is 4.79 Å². The van der Waals surface area contributed by atoms with E-state index in [-0.39, 0.29) is 24.6 Å². The molecule has 154 valence electrons. The van der Waals surface area contributed by atoms with Gasteiger partial charge in [-0.1, -0.05) is 25.8 Å². The second-order valence-corrected chi connectivity index (χ2v) is 8.26. The standard InChI is InChI=1S/C22H32N2O4/c1-17(21(25)27-16-20-5-4-10-23-14-20)13-18-6-8-19(9-7-18)15-28-22(26)24-11-2-3-12-24/h4-5,10,14,17-19H,2-3,6-9,11-13,15-16H2,1H3. The Bertz CT molecular complexity index is 623. The number of carbonyl (C=O) groups is 2. The molecule has 6 nitrogen and oxygen atoms in total. The van der Waals surface area contributed by atoms with Gasteiger partial charge in [-0.3, -0.25) is 9.78 Å². The van der Waals surface area contributed by atoms with E-state index in [1.807, 2.05) is 24.0 Å². The molecule has 28 heavy (non-hydrogen) atoms. The van der Waals surface area contributed by atoms with Crippen LogP contribution in [0.15, 0.2) is 24.5 Å². The molecule has 1 aliphatic carbocycles. The van der Waals surface area contributed by atoms with Gasteiger partial charge in [0.05, 0.1) is 12.5 Å². The number of hydrogen-bond acceptors (Lipinski definition) is 5. The molecule has 0 bridgehead atoms. The lowest BCUT2D eigenvalue weighted by atomic mass is 9.78. The zero-order valence-corrected chi connectivity index (χ0v) is 16.8. The minimum atomic E-state index is -0.149. The first kappa shape index (κ1) is 20.6. The summed E-state index contributed by atoms with van der Waals surface area (Å²) in [7, 11) is 0. The molecule has 0 radical (unpaired) electrons. The summed E-state index contributed by atoms with van der Waals surface area (Å²) in [6, 6.07) is 3.75. The van der Waals surface area contributed by atoms with E-state index in [0.717, 1.165) is 63.6 Å². The molecule has 1 atom stereocenters.